The summed E-state index contributed by atoms with van der Waals surface area (Å²) in [5.74, 6) is 5.07. The van der Waals surface area contributed by atoms with E-state index in [9.17, 15) is 5.11 Å². The predicted octanol–water partition coefficient (Wildman–Crippen LogP) is 6.51. The van der Waals surface area contributed by atoms with Gasteiger partial charge in [-0.1, -0.05) is 48.0 Å². The Bertz CT molecular complexity index is 653. The summed E-state index contributed by atoms with van der Waals surface area (Å²) < 4.78 is 0. The van der Waals surface area contributed by atoms with Gasteiger partial charge in [0.05, 0.1) is 6.10 Å². The number of aliphatic hydroxyl groups excluding tert-OH is 1. The molecule has 0 aliphatic heterocycles. The largest absolute Gasteiger partial charge is 0.393 e. The van der Waals surface area contributed by atoms with Gasteiger partial charge in [0, 0.05) is 20.1 Å². The first kappa shape index (κ1) is 25.0. The van der Waals surface area contributed by atoms with Crippen LogP contribution in [0, 0.1) is 51.8 Å². The second-order valence-electron chi connectivity index (χ2n) is 13.4. The maximum absolute atomic E-state index is 10.6. The molecule has 0 aromatic rings. The van der Waals surface area contributed by atoms with E-state index in [1.54, 1.807) is 0 Å². The second-order valence-corrected chi connectivity index (χ2v) is 13.4. The molecule has 32 heavy (non-hydrogen) atoms. The Balaban J connectivity index is 1.55. The van der Waals surface area contributed by atoms with Crippen molar-refractivity contribution in [2.45, 2.75) is 112 Å². The van der Waals surface area contributed by atoms with E-state index in [4.69, 9.17) is 0 Å². The van der Waals surface area contributed by atoms with Gasteiger partial charge < -0.3 is 5.11 Å². The molecule has 0 spiro atoms. The molecule has 186 valence electrons. The van der Waals surface area contributed by atoms with Crippen molar-refractivity contribution in [3.8, 4) is 0 Å². The van der Waals surface area contributed by atoms with Crippen LogP contribution in [0.3, 0.4) is 0 Å². The van der Waals surface area contributed by atoms with E-state index in [0.29, 0.717) is 16.2 Å². The fraction of sp³-hybridized carbons (Fsp3) is 1.00. The van der Waals surface area contributed by atoms with E-state index in [0.717, 1.165) is 61.4 Å². The fourth-order valence-electron chi connectivity index (χ4n) is 10.2. The molecule has 4 aliphatic rings. The van der Waals surface area contributed by atoms with E-state index in [1.807, 2.05) is 0 Å². The van der Waals surface area contributed by atoms with Crippen LogP contribution in [0.5, 0.6) is 0 Å². The SMILES string of the molecule is CCNN(C)CC[C@@H](C)C1CCC2C3C[C@H](CC)C4C[C@H](O)CCC4(C)C3(C)CCC21C. The van der Waals surface area contributed by atoms with Gasteiger partial charge in [-0.05, 0) is 110 Å². The highest BCUT2D eigenvalue weighted by atomic mass is 16.3. The number of nitrogens with zero attached hydrogens (tertiary/aromatic N) is 1. The van der Waals surface area contributed by atoms with E-state index in [2.05, 4.69) is 59.0 Å². The summed E-state index contributed by atoms with van der Waals surface area (Å²) in [6, 6.07) is 0. The summed E-state index contributed by atoms with van der Waals surface area (Å²) in [4.78, 5) is 0. The molecule has 4 fully saturated rings. The van der Waals surface area contributed by atoms with Crippen LogP contribution in [0.1, 0.15) is 106 Å². The second kappa shape index (κ2) is 9.15. The number of rotatable bonds is 7. The lowest BCUT2D eigenvalue weighted by molar-refractivity contribution is -0.205. The Morgan fingerprint density at radius 2 is 1.66 bits per heavy atom. The van der Waals surface area contributed by atoms with E-state index >= 15 is 0 Å². The van der Waals surface area contributed by atoms with Crippen molar-refractivity contribution in [3.63, 3.8) is 0 Å². The van der Waals surface area contributed by atoms with Crippen LogP contribution < -0.4 is 5.43 Å². The molecule has 0 heterocycles. The molecule has 0 aromatic heterocycles. The van der Waals surface area contributed by atoms with Gasteiger partial charge in [0.15, 0.2) is 0 Å². The maximum atomic E-state index is 10.6. The van der Waals surface area contributed by atoms with Crippen LogP contribution in [0.4, 0.5) is 0 Å². The number of fused-ring (bicyclic) bond motifs is 5. The summed E-state index contributed by atoms with van der Waals surface area (Å²) in [7, 11) is 2.20. The van der Waals surface area contributed by atoms with Crippen molar-refractivity contribution >= 4 is 0 Å². The van der Waals surface area contributed by atoms with Gasteiger partial charge in [0.25, 0.3) is 0 Å². The molecule has 4 aliphatic carbocycles. The van der Waals surface area contributed by atoms with Crippen LogP contribution >= 0.6 is 0 Å². The average molecular weight is 447 g/mol. The molecule has 2 N–H and O–H groups in total. The average Bonchev–Trinajstić information content (AvgIpc) is 3.11. The zero-order valence-corrected chi connectivity index (χ0v) is 22.4. The monoisotopic (exact) mass is 446 g/mol. The number of hydrazine groups is 1. The lowest BCUT2D eigenvalue weighted by Gasteiger charge is -2.68. The van der Waals surface area contributed by atoms with Gasteiger partial charge in [0.1, 0.15) is 0 Å². The molecule has 0 radical (unpaired) electrons. The zero-order chi connectivity index (χ0) is 23.3. The molecule has 0 aromatic carbocycles. The van der Waals surface area contributed by atoms with Crippen LogP contribution in [0.2, 0.25) is 0 Å². The van der Waals surface area contributed by atoms with E-state index in [-0.39, 0.29) is 6.10 Å². The summed E-state index contributed by atoms with van der Waals surface area (Å²) in [6.07, 6.45) is 13.1. The van der Waals surface area contributed by atoms with Crippen molar-refractivity contribution < 1.29 is 5.11 Å². The van der Waals surface area contributed by atoms with Crippen LogP contribution in [0.15, 0.2) is 0 Å². The van der Waals surface area contributed by atoms with Crippen molar-refractivity contribution in [3.05, 3.63) is 0 Å². The van der Waals surface area contributed by atoms with Gasteiger partial charge in [0.2, 0.25) is 0 Å². The van der Waals surface area contributed by atoms with Gasteiger partial charge >= 0.3 is 0 Å². The first-order valence-corrected chi connectivity index (χ1v) is 14.2. The van der Waals surface area contributed by atoms with Gasteiger partial charge in [-0.2, -0.15) is 0 Å². The molecule has 7 unspecified atom stereocenters. The lowest BCUT2D eigenvalue weighted by atomic mass is 9.36. The highest BCUT2D eigenvalue weighted by Gasteiger charge is 2.66. The molecule has 0 saturated heterocycles. The first-order valence-electron chi connectivity index (χ1n) is 14.2. The minimum atomic E-state index is -0.0480. The highest BCUT2D eigenvalue weighted by Crippen LogP contribution is 2.74. The Labute approximate surface area is 199 Å². The van der Waals surface area contributed by atoms with Crippen molar-refractivity contribution in [2.24, 2.45) is 51.8 Å². The summed E-state index contributed by atoms with van der Waals surface area (Å²) in [5.41, 5.74) is 4.89. The Morgan fingerprint density at radius 1 is 0.938 bits per heavy atom. The Morgan fingerprint density at radius 3 is 2.34 bits per heavy atom. The van der Waals surface area contributed by atoms with Gasteiger partial charge in [-0.15, -0.1) is 0 Å². The van der Waals surface area contributed by atoms with E-state index in [1.165, 1.54) is 51.4 Å². The first-order chi connectivity index (χ1) is 15.1. The molecule has 0 amide bonds. The molecular formula is C29H54N2O. The third-order valence-electron chi connectivity index (χ3n) is 12.3. The molecule has 0 bridgehead atoms. The van der Waals surface area contributed by atoms with Crippen LogP contribution in [-0.2, 0) is 0 Å². The van der Waals surface area contributed by atoms with Crippen molar-refractivity contribution in [1.82, 2.24) is 10.4 Å². The molecular weight excluding hydrogens is 392 g/mol. The normalized spacial score (nSPS) is 49.4. The number of nitrogens with one attached hydrogen (secondary N) is 1. The third-order valence-corrected chi connectivity index (χ3v) is 12.3. The molecule has 10 atom stereocenters. The number of aliphatic hydroxyl groups is 1. The van der Waals surface area contributed by atoms with Crippen molar-refractivity contribution in [1.29, 1.82) is 0 Å². The lowest BCUT2D eigenvalue weighted by Crippen LogP contribution is -2.62. The smallest absolute Gasteiger partial charge is 0.0543 e. The Hall–Kier alpha value is -0.120. The van der Waals surface area contributed by atoms with E-state index < -0.39 is 0 Å². The number of hydrogen-bond donors (Lipinski definition) is 2. The molecule has 4 saturated carbocycles. The summed E-state index contributed by atoms with van der Waals surface area (Å²) >= 11 is 0. The maximum Gasteiger partial charge on any atom is 0.0543 e. The molecule has 3 heteroatoms. The standard InChI is InChI=1S/C29H54N2O/c1-8-21-18-26-24-11-10-23(20(3)13-17-31(7)30-9-2)27(24,4)15-16-29(26,6)28(5)14-12-22(32)19-25(21)28/h20-26,30,32H,8-19H2,1-7H3/t20-,21+,22-,23?,24?,25?,26?,27?,28?,29?/m1/s1. The summed E-state index contributed by atoms with van der Waals surface area (Å²) in [5, 5.41) is 12.9. The molecule has 3 nitrogen and oxygen atoms in total. The van der Waals surface area contributed by atoms with Gasteiger partial charge in [-0.3, -0.25) is 5.43 Å². The summed E-state index contributed by atoms with van der Waals surface area (Å²) in [6.45, 7) is 17.4. The minimum Gasteiger partial charge on any atom is -0.393 e. The predicted molar refractivity (Wildman–Crippen MR) is 135 cm³/mol. The Kier molecular flexibility index (Phi) is 7.15. The molecule has 4 rings (SSSR count). The topological polar surface area (TPSA) is 35.5 Å². The zero-order valence-electron chi connectivity index (χ0n) is 22.4. The minimum absolute atomic E-state index is 0.0480. The fourth-order valence-corrected chi connectivity index (χ4v) is 10.2. The third kappa shape index (κ3) is 3.81. The van der Waals surface area contributed by atoms with Gasteiger partial charge in [-0.25, -0.2) is 5.01 Å². The van der Waals surface area contributed by atoms with Crippen molar-refractivity contribution in [2.75, 3.05) is 20.1 Å². The quantitative estimate of drug-likeness (QED) is 0.437. The number of hydrogen-bond acceptors (Lipinski definition) is 3. The highest BCUT2D eigenvalue weighted by molar-refractivity contribution is 5.15. The van der Waals surface area contributed by atoms with Crippen LogP contribution in [-0.4, -0.2) is 36.4 Å². The van der Waals surface area contributed by atoms with Crippen LogP contribution in [0.25, 0.3) is 0 Å².